The number of hydrogen-bond donors (Lipinski definition) is 4. The Labute approximate surface area is 244 Å². The van der Waals surface area contributed by atoms with E-state index in [9.17, 15) is 19.2 Å². The van der Waals surface area contributed by atoms with Crippen LogP contribution >= 0.6 is 0 Å². The van der Waals surface area contributed by atoms with Gasteiger partial charge in [0.25, 0.3) is 5.91 Å². The standard InChI is InChI=1S/C28H28N8O7/c1-36(14-17-13-31-25-23(32-17)24(29)34-28(30)35-25)18-9-7-16(8-10-18)26(40)33-20(11-12-21(37)38)27(41)42-15-22(39)43-19-5-3-2-4-6-19/h2-10,13,20H,11-12,14-15H2,1H3,(H,33,40)(H,37,38)(H4,29,30,31,34,35). The zero-order valence-corrected chi connectivity index (χ0v) is 23.0. The van der Waals surface area contributed by atoms with Gasteiger partial charge in [0.1, 0.15) is 11.8 Å². The lowest BCUT2D eigenvalue weighted by molar-refractivity contribution is -0.155. The lowest BCUT2D eigenvalue weighted by Crippen LogP contribution is -2.42. The number of nitrogen functional groups attached to an aromatic ring is 2. The van der Waals surface area contributed by atoms with Crippen molar-refractivity contribution in [1.82, 2.24) is 25.3 Å². The van der Waals surface area contributed by atoms with Crippen LogP contribution in [0.2, 0.25) is 0 Å². The highest BCUT2D eigenvalue weighted by atomic mass is 16.6. The topological polar surface area (TPSA) is 226 Å². The number of hydrogen-bond acceptors (Lipinski definition) is 13. The summed E-state index contributed by atoms with van der Waals surface area (Å²) in [5.74, 6) is -3.22. The number of carboxylic acids is 1. The SMILES string of the molecule is CN(Cc1cnc2nc(N)nc(N)c2n1)c1ccc(C(=O)NC(CCC(=O)O)C(=O)OCC(=O)Oc2ccccc2)cc1. The number of carbonyl (C=O) groups is 4. The second-order valence-corrected chi connectivity index (χ2v) is 9.26. The number of rotatable bonds is 12. The van der Waals surface area contributed by atoms with Gasteiger partial charge >= 0.3 is 17.9 Å². The fourth-order valence-electron chi connectivity index (χ4n) is 3.90. The molecule has 2 aromatic heterocycles. The molecule has 0 bridgehead atoms. The fraction of sp³-hybridized carbons (Fsp3) is 0.214. The van der Waals surface area contributed by atoms with Gasteiger partial charge in [0, 0.05) is 24.7 Å². The Morgan fingerprint density at radius 1 is 1.00 bits per heavy atom. The normalized spacial score (nSPS) is 11.4. The Morgan fingerprint density at radius 3 is 2.42 bits per heavy atom. The van der Waals surface area contributed by atoms with Crippen molar-refractivity contribution >= 4 is 52.4 Å². The highest BCUT2D eigenvalue weighted by Gasteiger charge is 2.25. The van der Waals surface area contributed by atoms with E-state index in [0.29, 0.717) is 17.8 Å². The summed E-state index contributed by atoms with van der Waals surface area (Å²) in [7, 11) is 1.81. The van der Waals surface area contributed by atoms with E-state index < -0.39 is 42.9 Å². The summed E-state index contributed by atoms with van der Waals surface area (Å²) < 4.78 is 10.1. The van der Waals surface area contributed by atoms with Gasteiger partial charge in [-0.3, -0.25) is 9.59 Å². The number of carbonyl (C=O) groups excluding carboxylic acids is 3. The first kappa shape index (κ1) is 30.1. The fourth-order valence-corrected chi connectivity index (χ4v) is 3.90. The van der Waals surface area contributed by atoms with Gasteiger partial charge in [0.15, 0.2) is 23.6 Å². The van der Waals surface area contributed by atoms with Crippen LogP contribution in [0.3, 0.4) is 0 Å². The molecule has 2 aromatic carbocycles. The lowest BCUT2D eigenvalue weighted by atomic mass is 10.1. The number of aromatic nitrogens is 4. The largest absolute Gasteiger partial charge is 0.481 e. The molecule has 222 valence electrons. The van der Waals surface area contributed by atoms with E-state index in [1.54, 1.807) is 60.8 Å². The van der Waals surface area contributed by atoms with E-state index in [1.807, 2.05) is 11.9 Å². The molecular formula is C28H28N8O7. The molecule has 1 amide bonds. The third kappa shape index (κ3) is 8.32. The molecule has 1 atom stereocenters. The van der Waals surface area contributed by atoms with Crippen molar-refractivity contribution in [2.75, 3.05) is 30.0 Å². The van der Waals surface area contributed by atoms with E-state index in [4.69, 9.17) is 26.0 Å². The summed E-state index contributed by atoms with van der Waals surface area (Å²) >= 11 is 0. The molecular weight excluding hydrogens is 560 g/mol. The van der Waals surface area contributed by atoms with Gasteiger partial charge in [-0.05, 0) is 42.8 Å². The number of fused-ring (bicyclic) bond motifs is 1. The van der Waals surface area contributed by atoms with Crippen LogP contribution in [0.4, 0.5) is 17.5 Å². The zero-order chi connectivity index (χ0) is 30.9. The first-order valence-corrected chi connectivity index (χ1v) is 12.9. The minimum atomic E-state index is -1.31. The number of benzene rings is 2. The van der Waals surface area contributed by atoms with E-state index in [1.165, 1.54) is 0 Å². The molecule has 15 nitrogen and oxygen atoms in total. The second kappa shape index (κ2) is 13.7. The number of nitrogens with zero attached hydrogens (tertiary/aromatic N) is 5. The minimum absolute atomic E-state index is 0.00179. The van der Waals surface area contributed by atoms with E-state index >= 15 is 0 Å². The molecule has 0 aliphatic heterocycles. The van der Waals surface area contributed by atoms with Crippen molar-refractivity contribution in [3.63, 3.8) is 0 Å². The first-order valence-electron chi connectivity index (χ1n) is 12.9. The van der Waals surface area contributed by atoms with Crippen LogP contribution < -0.4 is 26.4 Å². The van der Waals surface area contributed by atoms with Gasteiger partial charge in [-0.25, -0.2) is 19.6 Å². The molecule has 0 aliphatic carbocycles. The maximum Gasteiger partial charge on any atom is 0.349 e. The number of carboxylic acid groups (broad SMARTS) is 1. The maximum absolute atomic E-state index is 12.9. The van der Waals surface area contributed by atoms with Crippen molar-refractivity contribution < 1.29 is 33.8 Å². The highest BCUT2D eigenvalue weighted by molar-refractivity contribution is 5.97. The molecule has 43 heavy (non-hydrogen) atoms. The van der Waals surface area contributed by atoms with Crippen LogP contribution in [0.1, 0.15) is 28.9 Å². The van der Waals surface area contributed by atoms with Crippen LogP contribution in [-0.2, 0) is 25.7 Å². The van der Waals surface area contributed by atoms with Crippen LogP contribution in [0, 0.1) is 0 Å². The number of anilines is 3. The number of esters is 2. The molecule has 6 N–H and O–H groups in total. The van der Waals surface area contributed by atoms with Crippen molar-refractivity contribution in [2.24, 2.45) is 0 Å². The highest BCUT2D eigenvalue weighted by Crippen LogP contribution is 2.19. The van der Waals surface area contributed by atoms with Gasteiger partial charge in [-0.15, -0.1) is 0 Å². The number of ether oxygens (including phenoxy) is 2. The second-order valence-electron chi connectivity index (χ2n) is 9.26. The summed E-state index contributed by atoms with van der Waals surface area (Å²) in [6.45, 7) is -0.377. The molecule has 4 aromatic rings. The number of amides is 1. The van der Waals surface area contributed by atoms with Crippen molar-refractivity contribution in [1.29, 1.82) is 0 Å². The van der Waals surface area contributed by atoms with Gasteiger partial charge in [-0.2, -0.15) is 9.97 Å². The Hall–Kier alpha value is -5.86. The third-order valence-corrected chi connectivity index (χ3v) is 6.01. The molecule has 0 saturated heterocycles. The third-order valence-electron chi connectivity index (χ3n) is 6.01. The smallest absolute Gasteiger partial charge is 0.349 e. The zero-order valence-electron chi connectivity index (χ0n) is 23.0. The lowest BCUT2D eigenvalue weighted by Gasteiger charge is -2.20. The average molecular weight is 589 g/mol. The summed E-state index contributed by atoms with van der Waals surface area (Å²) in [5, 5.41) is 11.6. The van der Waals surface area contributed by atoms with E-state index in [-0.39, 0.29) is 35.1 Å². The number of para-hydroxylation sites is 1. The van der Waals surface area contributed by atoms with Gasteiger partial charge in [0.05, 0.1) is 18.4 Å². The predicted octanol–water partition coefficient (Wildman–Crippen LogP) is 1.33. The predicted molar refractivity (Wildman–Crippen MR) is 154 cm³/mol. The molecule has 0 aliphatic rings. The van der Waals surface area contributed by atoms with Crippen LogP contribution in [0.15, 0.2) is 60.8 Å². The Balaban J connectivity index is 1.36. The van der Waals surface area contributed by atoms with Crippen molar-refractivity contribution in [2.45, 2.75) is 25.4 Å². The number of nitrogens with two attached hydrogens (primary N) is 2. The molecule has 0 saturated carbocycles. The van der Waals surface area contributed by atoms with Crippen LogP contribution in [-0.4, -0.2) is 68.6 Å². The molecule has 0 spiro atoms. The molecule has 4 rings (SSSR count). The quantitative estimate of drug-likeness (QED) is 0.135. The summed E-state index contributed by atoms with van der Waals surface area (Å²) in [4.78, 5) is 67.2. The monoisotopic (exact) mass is 588 g/mol. The van der Waals surface area contributed by atoms with Crippen molar-refractivity contribution in [3.05, 3.63) is 72.1 Å². The number of aliphatic carboxylic acids is 1. The molecule has 2 heterocycles. The minimum Gasteiger partial charge on any atom is -0.481 e. The maximum atomic E-state index is 12.9. The Bertz CT molecular complexity index is 1630. The Kier molecular flexibility index (Phi) is 9.57. The van der Waals surface area contributed by atoms with Crippen LogP contribution in [0.25, 0.3) is 11.2 Å². The summed E-state index contributed by atoms with van der Waals surface area (Å²) in [5.41, 5.74) is 13.6. The molecule has 0 radical (unpaired) electrons. The number of nitrogens with one attached hydrogen (secondary N) is 1. The van der Waals surface area contributed by atoms with E-state index in [2.05, 4.69) is 25.3 Å². The van der Waals surface area contributed by atoms with Gasteiger partial charge in [0.2, 0.25) is 5.95 Å². The summed E-state index contributed by atoms with van der Waals surface area (Å²) in [6, 6.07) is 13.3. The van der Waals surface area contributed by atoms with Gasteiger partial charge < -0.3 is 36.3 Å². The average Bonchev–Trinajstić information content (AvgIpc) is 2.98. The van der Waals surface area contributed by atoms with Crippen molar-refractivity contribution in [3.8, 4) is 5.75 Å². The van der Waals surface area contributed by atoms with E-state index in [0.717, 1.165) is 5.69 Å². The molecule has 15 heteroatoms. The Morgan fingerprint density at radius 2 is 1.72 bits per heavy atom. The first-order chi connectivity index (χ1) is 20.6. The summed E-state index contributed by atoms with van der Waals surface area (Å²) in [6.07, 6.45) is 0.884. The molecule has 1 unspecified atom stereocenters. The van der Waals surface area contributed by atoms with Gasteiger partial charge in [-0.1, -0.05) is 18.2 Å². The molecule has 0 fully saturated rings. The van der Waals surface area contributed by atoms with Crippen LogP contribution in [0.5, 0.6) is 5.75 Å².